The van der Waals surface area contributed by atoms with E-state index in [1.807, 2.05) is 23.1 Å². The number of hydrogen-bond donors (Lipinski definition) is 1. The first-order valence-corrected chi connectivity index (χ1v) is 8.88. The van der Waals surface area contributed by atoms with Gasteiger partial charge in [-0.05, 0) is 37.1 Å². The van der Waals surface area contributed by atoms with Crippen molar-refractivity contribution in [3.05, 3.63) is 30.3 Å². The minimum absolute atomic E-state index is 0.0433. The van der Waals surface area contributed by atoms with Crippen LogP contribution in [0.25, 0.3) is 0 Å². The van der Waals surface area contributed by atoms with E-state index in [4.69, 9.17) is 0 Å². The smallest absolute Gasteiger partial charge is 0.222 e. The number of aliphatic hydroxyl groups excluding tert-OH is 1. The third-order valence-electron chi connectivity index (χ3n) is 3.96. The lowest BCUT2D eigenvalue weighted by Crippen LogP contribution is -2.42. The third kappa shape index (κ3) is 5.36. The molecule has 1 heterocycles. The van der Waals surface area contributed by atoms with Crippen LogP contribution in [0, 0.1) is 0 Å². The Balaban J connectivity index is 1.72. The van der Waals surface area contributed by atoms with Gasteiger partial charge < -0.3 is 10.0 Å². The topological polar surface area (TPSA) is 40.5 Å². The molecule has 4 heteroatoms. The summed E-state index contributed by atoms with van der Waals surface area (Å²) in [5, 5.41) is 9.46. The molecule has 0 bridgehead atoms. The third-order valence-corrected chi connectivity index (χ3v) is 5.05. The first-order valence-electron chi connectivity index (χ1n) is 7.89. The SMILES string of the molecule is O=C(CCCSc1ccccc1)N1CCCCCC1CO. The number of rotatable bonds is 6. The summed E-state index contributed by atoms with van der Waals surface area (Å²) < 4.78 is 0. The molecule has 1 amide bonds. The van der Waals surface area contributed by atoms with Crippen LogP contribution in [-0.2, 0) is 4.79 Å². The van der Waals surface area contributed by atoms with E-state index in [0.717, 1.165) is 38.0 Å². The maximum absolute atomic E-state index is 12.3. The van der Waals surface area contributed by atoms with Crippen LogP contribution in [0.2, 0.25) is 0 Å². The Kier molecular flexibility index (Phi) is 7.10. The van der Waals surface area contributed by atoms with Crippen LogP contribution in [-0.4, -0.2) is 40.9 Å². The Morgan fingerprint density at radius 3 is 2.81 bits per heavy atom. The summed E-state index contributed by atoms with van der Waals surface area (Å²) in [4.78, 5) is 15.5. The van der Waals surface area contributed by atoms with E-state index in [0.29, 0.717) is 6.42 Å². The number of aliphatic hydroxyl groups is 1. The molecule has 1 aliphatic rings. The van der Waals surface area contributed by atoms with Crippen LogP contribution >= 0.6 is 11.8 Å². The Bertz CT molecular complexity index is 424. The van der Waals surface area contributed by atoms with Crippen molar-refractivity contribution in [3.63, 3.8) is 0 Å². The second-order valence-electron chi connectivity index (χ2n) is 5.54. The van der Waals surface area contributed by atoms with Gasteiger partial charge in [0.15, 0.2) is 0 Å². The molecule has 116 valence electrons. The molecule has 0 saturated carbocycles. The monoisotopic (exact) mass is 307 g/mol. The van der Waals surface area contributed by atoms with E-state index >= 15 is 0 Å². The first kappa shape index (κ1) is 16.4. The average Bonchev–Trinajstić information content (AvgIpc) is 2.77. The summed E-state index contributed by atoms with van der Waals surface area (Å²) in [6.07, 6.45) is 5.80. The van der Waals surface area contributed by atoms with Crippen molar-refractivity contribution in [1.82, 2.24) is 4.90 Å². The summed E-state index contributed by atoms with van der Waals surface area (Å²) >= 11 is 1.80. The van der Waals surface area contributed by atoms with Crippen molar-refractivity contribution in [1.29, 1.82) is 0 Å². The number of hydrogen-bond acceptors (Lipinski definition) is 3. The molecule has 0 spiro atoms. The second-order valence-corrected chi connectivity index (χ2v) is 6.71. The fraction of sp³-hybridized carbons (Fsp3) is 0.588. The highest BCUT2D eigenvalue weighted by atomic mass is 32.2. The van der Waals surface area contributed by atoms with Crippen molar-refractivity contribution >= 4 is 17.7 Å². The van der Waals surface area contributed by atoms with Gasteiger partial charge in [-0.1, -0.05) is 31.0 Å². The van der Waals surface area contributed by atoms with Crippen LogP contribution in [0.3, 0.4) is 0 Å². The normalized spacial score (nSPS) is 19.3. The second kappa shape index (κ2) is 9.11. The van der Waals surface area contributed by atoms with Crippen molar-refractivity contribution in [2.75, 3.05) is 18.9 Å². The number of benzene rings is 1. The Hall–Kier alpha value is -1.00. The highest BCUT2D eigenvalue weighted by Gasteiger charge is 2.24. The summed E-state index contributed by atoms with van der Waals surface area (Å²) in [7, 11) is 0. The maximum atomic E-state index is 12.3. The van der Waals surface area contributed by atoms with Gasteiger partial charge in [0.2, 0.25) is 5.91 Å². The fourth-order valence-electron chi connectivity index (χ4n) is 2.77. The number of thioether (sulfide) groups is 1. The van der Waals surface area contributed by atoms with Gasteiger partial charge in [0.05, 0.1) is 12.6 Å². The summed E-state index contributed by atoms with van der Waals surface area (Å²) in [5.74, 6) is 1.18. The van der Waals surface area contributed by atoms with E-state index in [2.05, 4.69) is 12.1 Å². The molecule has 1 aliphatic heterocycles. The quantitative estimate of drug-likeness (QED) is 0.647. The highest BCUT2D eigenvalue weighted by molar-refractivity contribution is 7.99. The number of carbonyl (C=O) groups excluding carboxylic acids is 1. The zero-order valence-corrected chi connectivity index (χ0v) is 13.4. The van der Waals surface area contributed by atoms with E-state index in [1.54, 1.807) is 11.8 Å². The molecule has 2 rings (SSSR count). The van der Waals surface area contributed by atoms with Crippen molar-refractivity contribution in [3.8, 4) is 0 Å². The molecule has 0 radical (unpaired) electrons. The van der Waals surface area contributed by atoms with E-state index in [-0.39, 0.29) is 18.6 Å². The van der Waals surface area contributed by atoms with Crippen molar-refractivity contribution in [2.24, 2.45) is 0 Å². The zero-order chi connectivity index (χ0) is 14.9. The molecular formula is C17H25NO2S. The van der Waals surface area contributed by atoms with E-state index in [9.17, 15) is 9.90 Å². The largest absolute Gasteiger partial charge is 0.394 e. The predicted molar refractivity (Wildman–Crippen MR) is 87.5 cm³/mol. The molecule has 21 heavy (non-hydrogen) atoms. The summed E-state index contributed by atoms with van der Waals surface area (Å²) in [5.41, 5.74) is 0. The van der Waals surface area contributed by atoms with Gasteiger partial charge in [-0.2, -0.15) is 0 Å². The van der Waals surface area contributed by atoms with Gasteiger partial charge in [-0.15, -0.1) is 11.8 Å². The molecule has 3 nitrogen and oxygen atoms in total. The molecule has 1 unspecified atom stereocenters. The Labute approximate surface area is 131 Å². The Morgan fingerprint density at radius 1 is 1.24 bits per heavy atom. The van der Waals surface area contributed by atoms with Gasteiger partial charge in [-0.3, -0.25) is 4.79 Å². The summed E-state index contributed by atoms with van der Waals surface area (Å²) in [6.45, 7) is 0.917. The van der Waals surface area contributed by atoms with Crippen LogP contribution in [0.15, 0.2) is 35.2 Å². The van der Waals surface area contributed by atoms with Crippen LogP contribution in [0.1, 0.15) is 38.5 Å². The van der Waals surface area contributed by atoms with Gasteiger partial charge in [0.25, 0.3) is 0 Å². The van der Waals surface area contributed by atoms with E-state index in [1.165, 1.54) is 11.3 Å². The van der Waals surface area contributed by atoms with Gasteiger partial charge >= 0.3 is 0 Å². The minimum atomic E-state index is 0.0433. The lowest BCUT2D eigenvalue weighted by atomic mass is 10.1. The molecule has 0 aliphatic carbocycles. The lowest BCUT2D eigenvalue weighted by molar-refractivity contribution is -0.134. The van der Waals surface area contributed by atoms with Crippen molar-refractivity contribution < 1.29 is 9.90 Å². The lowest BCUT2D eigenvalue weighted by Gasteiger charge is -2.28. The molecule has 1 N–H and O–H groups in total. The molecule has 1 aromatic rings. The van der Waals surface area contributed by atoms with E-state index < -0.39 is 0 Å². The maximum Gasteiger partial charge on any atom is 0.222 e. The minimum Gasteiger partial charge on any atom is -0.394 e. The summed E-state index contributed by atoms with van der Waals surface area (Å²) in [6, 6.07) is 10.3. The first-order chi connectivity index (χ1) is 10.3. The molecule has 1 fully saturated rings. The standard InChI is InChI=1S/C17H25NO2S/c19-14-15-8-3-2-6-12-18(15)17(20)11-7-13-21-16-9-4-1-5-10-16/h1,4-5,9-10,15,19H,2-3,6-8,11-14H2. The van der Waals surface area contributed by atoms with Gasteiger partial charge in [-0.25, -0.2) is 0 Å². The van der Waals surface area contributed by atoms with Crippen LogP contribution < -0.4 is 0 Å². The van der Waals surface area contributed by atoms with Gasteiger partial charge in [0.1, 0.15) is 0 Å². The number of nitrogens with zero attached hydrogens (tertiary/aromatic N) is 1. The van der Waals surface area contributed by atoms with Gasteiger partial charge in [0, 0.05) is 17.9 Å². The fourth-order valence-corrected chi connectivity index (χ4v) is 3.64. The predicted octanol–water partition coefficient (Wildman–Crippen LogP) is 3.32. The molecule has 1 aromatic carbocycles. The number of carbonyl (C=O) groups is 1. The molecule has 0 aromatic heterocycles. The average molecular weight is 307 g/mol. The number of amides is 1. The van der Waals surface area contributed by atoms with Crippen LogP contribution in [0.4, 0.5) is 0 Å². The number of likely N-dealkylation sites (tertiary alicyclic amines) is 1. The molecule has 1 saturated heterocycles. The molecule has 1 atom stereocenters. The van der Waals surface area contributed by atoms with Crippen molar-refractivity contribution in [2.45, 2.75) is 49.5 Å². The Morgan fingerprint density at radius 2 is 2.05 bits per heavy atom. The highest BCUT2D eigenvalue weighted by Crippen LogP contribution is 2.20. The van der Waals surface area contributed by atoms with Crippen LogP contribution in [0.5, 0.6) is 0 Å². The zero-order valence-electron chi connectivity index (χ0n) is 12.5. The molecular weight excluding hydrogens is 282 g/mol.